The maximum Gasteiger partial charge on any atom is 0.410 e. The van der Waals surface area contributed by atoms with Gasteiger partial charge in [-0.25, -0.2) is 9.78 Å². The number of alkyl halides is 2. The summed E-state index contributed by atoms with van der Waals surface area (Å²) in [5.41, 5.74) is 0.827. The first-order valence-corrected chi connectivity index (χ1v) is 9.04. The zero-order chi connectivity index (χ0) is 19.9. The first-order chi connectivity index (χ1) is 13.5. The van der Waals surface area contributed by atoms with E-state index in [4.69, 9.17) is 21.1 Å². The van der Waals surface area contributed by atoms with Crippen LogP contribution in [0.5, 0.6) is 5.88 Å². The molecule has 0 unspecified atom stereocenters. The molecule has 2 aromatic rings. The lowest BCUT2D eigenvalue weighted by Crippen LogP contribution is -2.39. The lowest BCUT2D eigenvalue weighted by atomic mass is 10.2. The van der Waals surface area contributed by atoms with Crippen molar-refractivity contribution in [1.29, 1.82) is 0 Å². The summed E-state index contributed by atoms with van der Waals surface area (Å²) in [7, 11) is 0. The predicted molar refractivity (Wildman–Crippen MR) is 97.4 cm³/mol. The minimum atomic E-state index is -2.92. The van der Waals surface area contributed by atoms with Gasteiger partial charge < -0.3 is 14.2 Å². The number of pyridine rings is 1. The van der Waals surface area contributed by atoms with Crippen molar-refractivity contribution in [3.63, 3.8) is 0 Å². The van der Waals surface area contributed by atoms with Crippen molar-refractivity contribution in [1.82, 2.24) is 9.88 Å². The number of hydrogen-bond donors (Lipinski definition) is 0. The highest BCUT2D eigenvalue weighted by Crippen LogP contribution is 2.24. The van der Waals surface area contributed by atoms with E-state index in [1.54, 1.807) is 12.1 Å². The van der Waals surface area contributed by atoms with Gasteiger partial charge in [0.15, 0.2) is 0 Å². The molecule has 150 valence electrons. The SMILES string of the molecule is O=C(OCc1ccccc1)N1C[C@@H](Oc2ccc(Cl)cn2)C[C@H]1COC(F)F. The molecule has 6 nitrogen and oxygen atoms in total. The van der Waals surface area contributed by atoms with Gasteiger partial charge in [-0.1, -0.05) is 41.9 Å². The number of benzene rings is 1. The summed E-state index contributed by atoms with van der Waals surface area (Å²) < 4.78 is 40.4. The van der Waals surface area contributed by atoms with E-state index in [1.807, 2.05) is 30.3 Å². The van der Waals surface area contributed by atoms with Gasteiger partial charge in [-0.15, -0.1) is 0 Å². The van der Waals surface area contributed by atoms with E-state index in [9.17, 15) is 13.6 Å². The van der Waals surface area contributed by atoms with Gasteiger partial charge in [0.25, 0.3) is 0 Å². The highest BCUT2D eigenvalue weighted by molar-refractivity contribution is 6.30. The molecular weight excluding hydrogens is 394 g/mol. The van der Waals surface area contributed by atoms with Crippen molar-refractivity contribution >= 4 is 17.7 Å². The van der Waals surface area contributed by atoms with Gasteiger partial charge in [-0.05, 0) is 11.6 Å². The Kier molecular flexibility index (Phi) is 7.00. The Hall–Kier alpha value is -2.45. The lowest BCUT2D eigenvalue weighted by molar-refractivity contribution is -0.138. The molecule has 1 amide bonds. The van der Waals surface area contributed by atoms with Crippen LogP contribution in [0.2, 0.25) is 5.02 Å². The van der Waals surface area contributed by atoms with Crippen molar-refractivity contribution in [2.75, 3.05) is 13.2 Å². The molecule has 1 saturated heterocycles. The Balaban J connectivity index is 1.61. The van der Waals surface area contributed by atoms with E-state index in [0.717, 1.165) is 5.56 Å². The summed E-state index contributed by atoms with van der Waals surface area (Å²) in [5.74, 6) is 0.336. The molecule has 1 aromatic heterocycles. The third kappa shape index (κ3) is 5.77. The Morgan fingerprint density at radius 1 is 1.25 bits per heavy atom. The summed E-state index contributed by atoms with van der Waals surface area (Å²) >= 11 is 5.80. The molecule has 28 heavy (non-hydrogen) atoms. The van der Waals surface area contributed by atoms with E-state index in [2.05, 4.69) is 9.72 Å². The molecule has 1 fully saturated rings. The number of hydrogen-bond acceptors (Lipinski definition) is 5. The van der Waals surface area contributed by atoms with Gasteiger partial charge in [0, 0.05) is 18.7 Å². The summed E-state index contributed by atoms with van der Waals surface area (Å²) in [4.78, 5) is 17.9. The van der Waals surface area contributed by atoms with Crippen LogP contribution in [0.1, 0.15) is 12.0 Å². The maximum atomic E-state index is 12.5. The van der Waals surface area contributed by atoms with Gasteiger partial charge >= 0.3 is 12.7 Å². The van der Waals surface area contributed by atoms with E-state index < -0.39 is 24.9 Å². The fourth-order valence-corrected chi connectivity index (χ4v) is 3.04. The largest absolute Gasteiger partial charge is 0.472 e. The third-order valence-electron chi connectivity index (χ3n) is 4.22. The van der Waals surface area contributed by atoms with Crippen LogP contribution >= 0.6 is 11.6 Å². The monoisotopic (exact) mass is 412 g/mol. The van der Waals surface area contributed by atoms with Crippen LogP contribution in [0.15, 0.2) is 48.7 Å². The molecule has 0 bridgehead atoms. The zero-order valence-electron chi connectivity index (χ0n) is 14.8. The minimum absolute atomic E-state index is 0.0862. The predicted octanol–water partition coefficient (Wildman–Crippen LogP) is 4.13. The molecule has 1 aromatic carbocycles. The first kappa shape index (κ1) is 20.3. The van der Waals surface area contributed by atoms with Crippen LogP contribution in [0.3, 0.4) is 0 Å². The van der Waals surface area contributed by atoms with Crippen LogP contribution in [0.25, 0.3) is 0 Å². The average Bonchev–Trinajstić information content (AvgIpc) is 3.10. The number of carbonyl (C=O) groups excluding carboxylic acids is 1. The smallest absolute Gasteiger partial charge is 0.410 e. The number of likely N-dealkylation sites (tertiary alicyclic amines) is 1. The summed E-state index contributed by atoms with van der Waals surface area (Å²) in [5, 5.41) is 0.466. The maximum absolute atomic E-state index is 12.5. The molecule has 2 heterocycles. The number of amides is 1. The zero-order valence-corrected chi connectivity index (χ0v) is 15.6. The van der Waals surface area contributed by atoms with E-state index in [0.29, 0.717) is 17.3 Å². The van der Waals surface area contributed by atoms with Crippen LogP contribution in [-0.2, 0) is 16.1 Å². The third-order valence-corrected chi connectivity index (χ3v) is 4.44. The fourth-order valence-electron chi connectivity index (χ4n) is 2.93. The van der Waals surface area contributed by atoms with Crippen molar-refractivity contribution in [2.45, 2.75) is 31.8 Å². The molecule has 2 atom stereocenters. The lowest BCUT2D eigenvalue weighted by Gasteiger charge is -2.23. The van der Waals surface area contributed by atoms with Crippen LogP contribution in [0.4, 0.5) is 13.6 Å². The Bertz CT molecular complexity index is 764. The van der Waals surface area contributed by atoms with Gasteiger partial charge in [0.05, 0.1) is 24.2 Å². The van der Waals surface area contributed by atoms with Crippen LogP contribution in [-0.4, -0.2) is 47.9 Å². The second-order valence-corrected chi connectivity index (χ2v) is 6.67. The molecule has 0 N–H and O–H groups in total. The molecule has 0 saturated carbocycles. The molecule has 0 aliphatic carbocycles. The normalized spacial score (nSPS) is 19.1. The number of rotatable bonds is 7. The molecule has 1 aliphatic rings. The summed E-state index contributed by atoms with van der Waals surface area (Å²) in [6.07, 6.45) is 0.721. The standard InChI is InChI=1S/C19H19ClF2N2O4/c20-14-6-7-17(23-9-14)28-16-8-15(12-26-18(21)22)24(10-16)19(25)27-11-13-4-2-1-3-5-13/h1-7,9,15-16,18H,8,10-12H2/t15-,16-/m0/s1. The Morgan fingerprint density at radius 2 is 2.04 bits per heavy atom. The second-order valence-electron chi connectivity index (χ2n) is 6.23. The second kappa shape index (κ2) is 9.66. The van der Waals surface area contributed by atoms with Crippen LogP contribution < -0.4 is 4.74 Å². The molecule has 9 heteroatoms. The van der Waals surface area contributed by atoms with Gasteiger partial charge in [-0.2, -0.15) is 8.78 Å². The number of ether oxygens (including phenoxy) is 3. The van der Waals surface area contributed by atoms with E-state index in [-0.39, 0.29) is 19.8 Å². The number of nitrogens with zero attached hydrogens (tertiary/aromatic N) is 2. The first-order valence-electron chi connectivity index (χ1n) is 8.66. The Labute approximate surface area is 166 Å². The topological polar surface area (TPSA) is 60.9 Å². The summed E-state index contributed by atoms with van der Waals surface area (Å²) in [6, 6.07) is 11.8. The van der Waals surface area contributed by atoms with Crippen molar-refractivity contribution in [2.24, 2.45) is 0 Å². The van der Waals surface area contributed by atoms with Gasteiger partial charge in [0.2, 0.25) is 5.88 Å². The molecular formula is C19H19ClF2N2O4. The molecule has 3 rings (SSSR count). The quantitative estimate of drug-likeness (QED) is 0.684. The van der Waals surface area contributed by atoms with Crippen molar-refractivity contribution < 1.29 is 27.8 Å². The van der Waals surface area contributed by atoms with Crippen molar-refractivity contribution in [3.05, 3.63) is 59.2 Å². The van der Waals surface area contributed by atoms with Crippen LogP contribution in [0, 0.1) is 0 Å². The average molecular weight is 413 g/mol. The van der Waals surface area contributed by atoms with E-state index in [1.165, 1.54) is 11.1 Å². The summed E-state index contributed by atoms with van der Waals surface area (Å²) in [6.45, 7) is -2.97. The molecule has 0 spiro atoms. The number of aromatic nitrogens is 1. The fraction of sp³-hybridized carbons (Fsp3) is 0.368. The minimum Gasteiger partial charge on any atom is -0.472 e. The van der Waals surface area contributed by atoms with Crippen molar-refractivity contribution in [3.8, 4) is 5.88 Å². The highest BCUT2D eigenvalue weighted by Gasteiger charge is 2.38. The number of carbonyl (C=O) groups is 1. The van der Waals surface area contributed by atoms with E-state index >= 15 is 0 Å². The molecule has 0 radical (unpaired) electrons. The van der Waals surface area contributed by atoms with Gasteiger partial charge in [-0.3, -0.25) is 4.90 Å². The van der Waals surface area contributed by atoms with Gasteiger partial charge in [0.1, 0.15) is 12.7 Å². The highest BCUT2D eigenvalue weighted by atomic mass is 35.5. The molecule has 1 aliphatic heterocycles. The Morgan fingerprint density at radius 3 is 2.71 bits per heavy atom. The number of halogens is 3.